The summed E-state index contributed by atoms with van der Waals surface area (Å²) >= 11 is 0. The van der Waals surface area contributed by atoms with Crippen LogP contribution >= 0.6 is 0 Å². The second-order valence-electron chi connectivity index (χ2n) is 6.05. The Labute approximate surface area is 86.3 Å². The lowest BCUT2D eigenvalue weighted by Crippen LogP contribution is -2.52. The third-order valence-corrected chi connectivity index (χ3v) is 4.92. The van der Waals surface area contributed by atoms with E-state index >= 15 is 0 Å². The van der Waals surface area contributed by atoms with Crippen molar-refractivity contribution < 1.29 is 10.2 Å². The van der Waals surface area contributed by atoms with Crippen LogP contribution in [0.5, 0.6) is 0 Å². The summed E-state index contributed by atoms with van der Waals surface area (Å²) in [4.78, 5) is 0. The van der Waals surface area contributed by atoms with Crippen LogP contribution in [0.15, 0.2) is 0 Å². The molecule has 82 valence electrons. The number of aliphatic hydroxyl groups excluding tert-OH is 2. The van der Waals surface area contributed by atoms with E-state index in [1.54, 1.807) is 0 Å². The lowest BCUT2D eigenvalue weighted by molar-refractivity contribution is -0.125. The Balaban J connectivity index is 2.35. The molecule has 0 saturated heterocycles. The average Bonchev–Trinajstić information content (AvgIpc) is 2.40. The van der Waals surface area contributed by atoms with Gasteiger partial charge >= 0.3 is 0 Å². The van der Waals surface area contributed by atoms with Crippen molar-refractivity contribution in [1.82, 2.24) is 0 Å². The zero-order valence-corrected chi connectivity index (χ0v) is 9.45. The number of hydrogen-bond acceptors (Lipinski definition) is 2. The number of aliphatic hydroxyl groups is 2. The van der Waals surface area contributed by atoms with Crippen molar-refractivity contribution in [3.05, 3.63) is 0 Å². The van der Waals surface area contributed by atoms with Crippen molar-refractivity contribution in [2.24, 2.45) is 16.7 Å². The second kappa shape index (κ2) is 2.96. The summed E-state index contributed by atoms with van der Waals surface area (Å²) < 4.78 is 0. The number of hydrogen-bond donors (Lipinski definition) is 2. The summed E-state index contributed by atoms with van der Waals surface area (Å²) in [6.45, 7) is 6.63. The van der Waals surface area contributed by atoms with E-state index in [2.05, 4.69) is 20.8 Å². The predicted octanol–water partition coefficient (Wildman–Crippen LogP) is 1.94. The zero-order valence-electron chi connectivity index (χ0n) is 9.45. The molecular weight excluding hydrogens is 176 g/mol. The molecule has 0 aliphatic heterocycles. The molecule has 2 aliphatic rings. The van der Waals surface area contributed by atoms with Gasteiger partial charge in [-0.15, -0.1) is 0 Å². The Hall–Kier alpha value is -0.0800. The van der Waals surface area contributed by atoms with Crippen molar-refractivity contribution >= 4 is 0 Å². The van der Waals surface area contributed by atoms with Gasteiger partial charge in [-0.25, -0.2) is 0 Å². The molecule has 14 heavy (non-hydrogen) atoms. The third-order valence-electron chi connectivity index (χ3n) is 4.92. The first-order valence-corrected chi connectivity index (χ1v) is 5.75. The lowest BCUT2D eigenvalue weighted by atomic mass is 9.56. The van der Waals surface area contributed by atoms with E-state index in [0.717, 1.165) is 25.7 Å². The molecule has 0 amide bonds. The molecule has 0 spiro atoms. The lowest BCUT2D eigenvalue weighted by Gasteiger charge is -2.51. The van der Waals surface area contributed by atoms with Gasteiger partial charge in [0.05, 0.1) is 12.2 Å². The fraction of sp³-hybridized carbons (Fsp3) is 1.00. The third kappa shape index (κ3) is 1.17. The van der Waals surface area contributed by atoms with Crippen LogP contribution in [0.4, 0.5) is 0 Å². The summed E-state index contributed by atoms with van der Waals surface area (Å²) in [6.07, 6.45) is 3.25. The van der Waals surface area contributed by atoms with Crippen LogP contribution in [0.3, 0.4) is 0 Å². The monoisotopic (exact) mass is 198 g/mol. The maximum atomic E-state index is 10.1. The van der Waals surface area contributed by atoms with Crippen LogP contribution in [0, 0.1) is 16.7 Å². The van der Waals surface area contributed by atoms with E-state index in [0.29, 0.717) is 5.92 Å². The number of rotatable bonds is 0. The van der Waals surface area contributed by atoms with Gasteiger partial charge in [-0.2, -0.15) is 0 Å². The second-order valence-corrected chi connectivity index (χ2v) is 6.05. The SMILES string of the molecule is CC1(C)CC[C@H](O)[C@]2(C)C1CC[C@@H]2O. The summed E-state index contributed by atoms with van der Waals surface area (Å²) in [7, 11) is 0. The van der Waals surface area contributed by atoms with Crippen LogP contribution in [0.1, 0.15) is 46.5 Å². The molecule has 0 radical (unpaired) electrons. The number of fused-ring (bicyclic) bond motifs is 1. The molecular formula is C12H22O2. The van der Waals surface area contributed by atoms with Gasteiger partial charge in [0.15, 0.2) is 0 Å². The topological polar surface area (TPSA) is 40.5 Å². The normalized spacial score (nSPS) is 51.6. The van der Waals surface area contributed by atoms with E-state index in [1.807, 2.05) is 0 Å². The van der Waals surface area contributed by atoms with Gasteiger partial charge in [-0.3, -0.25) is 0 Å². The highest BCUT2D eigenvalue weighted by molar-refractivity contribution is 5.07. The highest BCUT2D eigenvalue weighted by Crippen LogP contribution is 2.59. The van der Waals surface area contributed by atoms with E-state index in [9.17, 15) is 10.2 Å². The standard InChI is InChI=1S/C12H22O2/c1-11(2)7-6-10(14)12(3)8(11)4-5-9(12)13/h8-10,13-14H,4-7H2,1-3H3/t8?,9-,10-,12+/m0/s1. The van der Waals surface area contributed by atoms with Crippen molar-refractivity contribution in [1.29, 1.82) is 0 Å². The van der Waals surface area contributed by atoms with Gasteiger partial charge < -0.3 is 10.2 Å². The first-order chi connectivity index (χ1) is 6.39. The molecule has 1 unspecified atom stereocenters. The van der Waals surface area contributed by atoms with E-state index in [1.165, 1.54) is 0 Å². The van der Waals surface area contributed by atoms with Gasteiger partial charge in [0.2, 0.25) is 0 Å². The first-order valence-electron chi connectivity index (χ1n) is 5.75. The highest BCUT2D eigenvalue weighted by atomic mass is 16.3. The van der Waals surface area contributed by atoms with E-state index in [4.69, 9.17) is 0 Å². The molecule has 2 N–H and O–H groups in total. The molecule has 2 heteroatoms. The molecule has 2 fully saturated rings. The molecule has 0 aromatic heterocycles. The van der Waals surface area contributed by atoms with Gasteiger partial charge in [0.1, 0.15) is 0 Å². The molecule has 2 aliphatic carbocycles. The van der Waals surface area contributed by atoms with Crippen LogP contribution in [-0.2, 0) is 0 Å². The van der Waals surface area contributed by atoms with Crippen LogP contribution in [0.2, 0.25) is 0 Å². The highest BCUT2D eigenvalue weighted by Gasteiger charge is 2.57. The van der Waals surface area contributed by atoms with Crippen LogP contribution in [-0.4, -0.2) is 22.4 Å². The minimum Gasteiger partial charge on any atom is -0.392 e. The minimum atomic E-state index is -0.307. The Morgan fingerprint density at radius 3 is 2.07 bits per heavy atom. The smallest absolute Gasteiger partial charge is 0.0621 e. The molecule has 0 heterocycles. The van der Waals surface area contributed by atoms with Crippen molar-refractivity contribution in [2.75, 3.05) is 0 Å². The van der Waals surface area contributed by atoms with Crippen LogP contribution < -0.4 is 0 Å². The predicted molar refractivity (Wildman–Crippen MR) is 55.9 cm³/mol. The molecule has 2 saturated carbocycles. The average molecular weight is 198 g/mol. The quantitative estimate of drug-likeness (QED) is 0.624. The molecule has 2 nitrogen and oxygen atoms in total. The largest absolute Gasteiger partial charge is 0.392 e. The van der Waals surface area contributed by atoms with Gasteiger partial charge in [0, 0.05) is 5.41 Å². The first kappa shape index (κ1) is 10.4. The Kier molecular flexibility index (Phi) is 2.20. The maximum Gasteiger partial charge on any atom is 0.0621 e. The fourth-order valence-corrected chi connectivity index (χ4v) is 3.86. The summed E-state index contributed by atoms with van der Waals surface area (Å²) in [5, 5.41) is 20.1. The maximum absolute atomic E-state index is 10.1. The van der Waals surface area contributed by atoms with Crippen molar-refractivity contribution in [3.8, 4) is 0 Å². The Bertz CT molecular complexity index is 236. The zero-order chi connectivity index (χ0) is 10.6. The Morgan fingerprint density at radius 2 is 1.50 bits per heavy atom. The van der Waals surface area contributed by atoms with Gasteiger partial charge in [-0.1, -0.05) is 20.8 Å². The molecule has 2 rings (SSSR count). The van der Waals surface area contributed by atoms with Crippen molar-refractivity contribution in [2.45, 2.75) is 58.7 Å². The fourth-order valence-electron chi connectivity index (χ4n) is 3.86. The minimum absolute atomic E-state index is 0.248. The van der Waals surface area contributed by atoms with Gasteiger partial charge in [-0.05, 0) is 37.0 Å². The van der Waals surface area contributed by atoms with E-state index in [-0.39, 0.29) is 23.0 Å². The Morgan fingerprint density at radius 1 is 0.929 bits per heavy atom. The molecule has 0 aromatic carbocycles. The van der Waals surface area contributed by atoms with E-state index < -0.39 is 0 Å². The summed E-state index contributed by atoms with van der Waals surface area (Å²) in [5.74, 6) is 0.480. The summed E-state index contributed by atoms with van der Waals surface area (Å²) in [6, 6.07) is 0. The molecule has 0 bridgehead atoms. The van der Waals surface area contributed by atoms with Crippen molar-refractivity contribution in [3.63, 3.8) is 0 Å². The van der Waals surface area contributed by atoms with Crippen LogP contribution in [0.25, 0.3) is 0 Å². The molecule has 0 aromatic rings. The van der Waals surface area contributed by atoms with Gasteiger partial charge in [0.25, 0.3) is 0 Å². The molecule has 4 atom stereocenters. The summed E-state index contributed by atoms with van der Waals surface area (Å²) in [5.41, 5.74) is 0.0349.